The fourth-order valence-electron chi connectivity index (χ4n) is 5.53. The highest BCUT2D eigenvalue weighted by Gasteiger charge is 2.33. The minimum Gasteiger partial charge on any atom is -0.303 e. The Morgan fingerprint density at radius 2 is 1.30 bits per heavy atom. The Kier molecular flexibility index (Phi) is 8.16. The van der Waals surface area contributed by atoms with Crippen molar-refractivity contribution in [3.05, 3.63) is 0 Å². The molecule has 156 valence electrons. The summed E-state index contributed by atoms with van der Waals surface area (Å²) < 4.78 is 0. The molecule has 0 bridgehead atoms. The maximum absolute atomic E-state index is 12.3. The number of carbonyl (C=O) groups excluding carboxylic acids is 1. The average Bonchev–Trinajstić information content (AvgIpc) is 2.72. The minimum absolute atomic E-state index is 0.207. The van der Waals surface area contributed by atoms with E-state index >= 15 is 0 Å². The molecule has 4 nitrogen and oxygen atoms in total. The van der Waals surface area contributed by atoms with Crippen molar-refractivity contribution in [1.29, 1.82) is 0 Å². The lowest BCUT2D eigenvalue weighted by Gasteiger charge is -2.45. The van der Waals surface area contributed by atoms with Crippen molar-refractivity contribution in [2.24, 2.45) is 11.8 Å². The second kappa shape index (κ2) is 10.4. The third kappa shape index (κ3) is 5.77. The van der Waals surface area contributed by atoms with E-state index in [0.717, 1.165) is 38.0 Å². The van der Waals surface area contributed by atoms with Gasteiger partial charge < -0.3 is 14.7 Å². The summed E-state index contributed by atoms with van der Waals surface area (Å²) in [4.78, 5) is 20.4. The first-order chi connectivity index (χ1) is 13.1. The van der Waals surface area contributed by atoms with Crippen molar-refractivity contribution in [2.45, 2.75) is 84.2 Å². The number of rotatable bonds is 7. The van der Waals surface area contributed by atoms with Gasteiger partial charge in [-0.1, -0.05) is 27.2 Å². The SMILES string of the molecule is CCCCN1CCC(N2CCC(N3CCC(C(=O)C(C)C)CC3)CC2)CC1. The third-order valence-electron chi connectivity index (χ3n) is 7.42. The molecule has 0 aliphatic carbocycles. The van der Waals surface area contributed by atoms with Gasteiger partial charge in [-0.2, -0.15) is 0 Å². The third-order valence-corrected chi connectivity index (χ3v) is 7.42. The highest BCUT2D eigenvalue weighted by atomic mass is 16.1. The lowest BCUT2D eigenvalue weighted by molar-refractivity contribution is -0.127. The van der Waals surface area contributed by atoms with E-state index in [-0.39, 0.29) is 5.92 Å². The smallest absolute Gasteiger partial charge is 0.138 e. The zero-order valence-corrected chi connectivity index (χ0v) is 18.2. The van der Waals surface area contributed by atoms with E-state index in [1.54, 1.807) is 0 Å². The standard InChI is InChI=1S/C23H43N3O/c1-4-5-12-24-13-8-21(9-14-24)26-17-10-22(11-18-26)25-15-6-20(7-16-25)23(27)19(2)3/h19-22H,4-18H2,1-3H3. The normalized spacial score (nSPS) is 26.1. The van der Waals surface area contributed by atoms with E-state index in [1.807, 2.05) is 0 Å². The Bertz CT molecular complexity index is 443. The fourth-order valence-corrected chi connectivity index (χ4v) is 5.53. The maximum atomic E-state index is 12.3. The summed E-state index contributed by atoms with van der Waals surface area (Å²) in [6.07, 6.45) is 10.3. The summed E-state index contributed by atoms with van der Waals surface area (Å²) in [5, 5.41) is 0. The second-order valence-electron chi connectivity index (χ2n) is 9.56. The van der Waals surface area contributed by atoms with Crippen molar-refractivity contribution < 1.29 is 4.79 Å². The summed E-state index contributed by atoms with van der Waals surface area (Å²) in [6.45, 7) is 15.2. The zero-order chi connectivity index (χ0) is 19.2. The Hall–Kier alpha value is -0.450. The van der Waals surface area contributed by atoms with Gasteiger partial charge in [-0.15, -0.1) is 0 Å². The van der Waals surface area contributed by atoms with Crippen LogP contribution in [0.3, 0.4) is 0 Å². The van der Waals surface area contributed by atoms with E-state index in [1.165, 1.54) is 71.2 Å². The summed E-state index contributed by atoms with van der Waals surface area (Å²) >= 11 is 0. The predicted octanol–water partition coefficient (Wildman–Crippen LogP) is 3.65. The number of Topliss-reactive ketones (excluding diaryl/α,β-unsaturated/α-hetero) is 1. The fraction of sp³-hybridized carbons (Fsp3) is 0.957. The highest BCUT2D eigenvalue weighted by molar-refractivity contribution is 5.82. The Balaban J connectivity index is 1.36. The monoisotopic (exact) mass is 377 g/mol. The molecule has 27 heavy (non-hydrogen) atoms. The molecule has 0 aromatic carbocycles. The van der Waals surface area contributed by atoms with E-state index in [0.29, 0.717) is 11.7 Å². The van der Waals surface area contributed by atoms with Gasteiger partial charge in [0.05, 0.1) is 0 Å². The first-order valence-corrected chi connectivity index (χ1v) is 11.8. The molecule has 3 heterocycles. The Labute approximate surface area is 167 Å². The maximum Gasteiger partial charge on any atom is 0.138 e. The quantitative estimate of drug-likeness (QED) is 0.677. The molecule has 0 spiro atoms. The van der Waals surface area contributed by atoms with Crippen molar-refractivity contribution >= 4 is 5.78 Å². The Morgan fingerprint density at radius 1 is 0.815 bits per heavy atom. The number of likely N-dealkylation sites (tertiary alicyclic amines) is 3. The van der Waals surface area contributed by atoms with Gasteiger partial charge in [-0.3, -0.25) is 4.79 Å². The van der Waals surface area contributed by atoms with Gasteiger partial charge in [0.1, 0.15) is 5.78 Å². The predicted molar refractivity (Wildman–Crippen MR) is 113 cm³/mol. The number of hydrogen-bond donors (Lipinski definition) is 0. The molecule has 0 aromatic heterocycles. The average molecular weight is 378 g/mol. The van der Waals surface area contributed by atoms with Crippen LogP contribution >= 0.6 is 0 Å². The number of piperidine rings is 3. The number of carbonyl (C=O) groups is 1. The highest BCUT2D eigenvalue weighted by Crippen LogP contribution is 2.28. The van der Waals surface area contributed by atoms with Crippen molar-refractivity contribution in [1.82, 2.24) is 14.7 Å². The van der Waals surface area contributed by atoms with E-state index in [9.17, 15) is 4.79 Å². The van der Waals surface area contributed by atoms with Gasteiger partial charge in [-0.25, -0.2) is 0 Å². The zero-order valence-electron chi connectivity index (χ0n) is 18.2. The van der Waals surface area contributed by atoms with Crippen LogP contribution in [0.2, 0.25) is 0 Å². The van der Waals surface area contributed by atoms with Crippen LogP contribution < -0.4 is 0 Å². The van der Waals surface area contributed by atoms with Crippen LogP contribution in [-0.4, -0.2) is 78.4 Å². The van der Waals surface area contributed by atoms with Crippen LogP contribution in [0.15, 0.2) is 0 Å². The molecule has 0 unspecified atom stereocenters. The van der Waals surface area contributed by atoms with Crippen LogP contribution in [0.5, 0.6) is 0 Å². The largest absolute Gasteiger partial charge is 0.303 e. The van der Waals surface area contributed by atoms with Gasteiger partial charge >= 0.3 is 0 Å². The molecule has 0 aromatic rings. The summed E-state index contributed by atoms with van der Waals surface area (Å²) in [5.41, 5.74) is 0. The first-order valence-electron chi connectivity index (χ1n) is 11.8. The minimum atomic E-state index is 0.207. The lowest BCUT2D eigenvalue weighted by Crippen LogP contribution is -2.52. The molecule has 0 atom stereocenters. The van der Waals surface area contributed by atoms with Crippen LogP contribution in [0.25, 0.3) is 0 Å². The molecule has 3 saturated heterocycles. The molecule has 4 heteroatoms. The van der Waals surface area contributed by atoms with Crippen molar-refractivity contribution in [3.8, 4) is 0 Å². The molecule has 3 fully saturated rings. The van der Waals surface area contributed by atoms with E-state index < -0.39 is 0 Å². The molecule has 3 aliphatic heterocycles. The van der Waals surface area contributed by atoms with Gasteiger partial charge in [0, 0.05) is 23.9 Å². The second-order valence-corrected chi connectivity index (χ2v) is 9.56. The molecular formula is C23H43N3O. The lowest BCUT2D eigenvalue weighted by atomic mass is 9.86. The van der Waals surface area contributed by atoms with Crippen molar-refractivity contribution in [3.63, 3.8) is 0 Å². The van der Waals surface area contributed by atoms with E-state index in [4.69, 9.17) is 0 Å². The number of hydrogen-bond acceptors (Lipinski definition) is 4. The van der Waals surface area contributed by atoms with Crippen LogP contribution in [0.1, 0.15) is 72.1 Å². The first kappa shape index (κ1) is 21.3. The molecule has 3 aliphatic rings. The van der Waals surface area contributed by atoms with Crippen molar-refractivity contribution in [2.75, 3.05) is 45.8 Å². The van der Waals surface area contributed by atoms with E-state index in [2.05, 4.69) is 35.5 Å². The summed E-state index contributed by atoms with van der Waals surface area (Å²) in [6, 6.07) is 1.60. The Morgan fingerprint density at radius 3 is 1.78 bits per heavy atom. The van der Waals surface area contributed by atoms with Crippen LogP contribution in [-0.2, 0) is 4.79 Å². The van der Waals surface area contributed by atoms with Crippen LogP contribution in [0, 0.1) is 11.8 Å². The number of nitrogens with zero attached hydrogens (tertiary/aromatic N) is 3. The topological polar surface area (TPSA) is 26.8 Å². The van der Waals surface area contributed by atoms with Gasteiger partial charge in [-0.05, 0) is 90.8 Å². The molecule has 0 radical (unpaired) electrons. The van der Waals surface area contributed by atoms with Gasteiger partial charge in [0.2, 0.25) is 0 Å². The molecule has 0 amide bonds. The summed E-state index contributed by atoms with van der Waals surface area (Å²) in [7, 11) is 0. The van der Waals surface area contributed by atoms with Gasteiger partial charge in [0.15, 0.2) is 0 Å². The number of ketones is 1. The molecular weight excluding hydrogens is 334 g/mol. The molecule has 0 saturated carbocycles. The number of unbranched alkanes of at least 4 members (excludes halogenated alkanes) is 1. The van der Waals surface area contributed by atoms with Crippen LogP contribution in [0.4, 0.5) is 0 Å². The molecule has 0 N–H and O–H groups in total. The van der Waals surface area contributed by atoms with Gasteiger partial charge in [0.25, 0.3) is 0 Å². The molecule has 3 rings (SSSR count). The summed E-state index contributed by atoms with van der Waals surface area (Å²) in [5.74, 6) is 1.03.